The number of halogens is 4. The number of allylic oxidation sites excluding steroid dienone is 2. The molecule has 0 amide bonds. The molecule has 2 nitrogen and oxygen atoms in total. The SMILES string of the molecule is C=C1Cc2ccc(C3=C(F)N=C(C)C3)cc2N=C1C(F)(F)F. The van der Waals surface area contributed by atoms with Crippen LogP contribution in [0.15, 0.2) is 46.3 Å². The van der Waals surface area contributed by atoms with E-state index in [1.807, 2.05) is 0 Å². The molecule has 3 rings (SSSR count). The molecule has 0 saturated heterocycles. The van der Waals surface area contributed by atoms with Crippen molar-refractivity contribution < 1.29 is 17.6 Å². The summed E-state index contributed by atoms with van der Waals surface area (Å²) in [5.41, 5.74) is 1.37. The Morgan fingerprint density at radius 3 is 2.45 bits per heavy atom. The molecule has 2 aliphatic heterocycles. The molecule has 1 aromatic rings. The first-order valence-corrected chi connectivity index (χ1v) is 6.66. The van der Waals surface area contributed by atoms with Crippen LogP contribution in [0.1, 0.15) is 24.5 Å². The van der Waals surface area contributed by atoms with Gasteiger partial charge in [0.1, 0.15) is 5.71 Å². The molecule has 6 heteroatoms. The van der Waals surface area contributed by atoms with E-state index < -0.39 is 17.8 Å². The van der Waals surface area contributed by atoms with Crippen LogP contribution < -0.4 is 0 Å². The lowest BCUT2D eigenvalue weighted by molar-refractivity contribution is -0.0583. The Balaban J connectivity index is 2.05. The third-order valence-corrected chi connectivity index (χ3v) is 3.64. The van der Waals surface area contributed by atoms with Gasteiger partial charge in [-0.05, 0) is 29.7 Å². The van der Waals surface area contributed by atoms with Crippen molar-refractivity contribution in [2.75, 3.05) is 0 Å². The van der Waals surface area contributed by atoms with Gasteiger partial charge in [0.2, 0.25) is 5.95 Å². The lowest BCUT2D eigenvalue weighted by Gasteiger charge is -2.20. The van der Waals surface area contributed by atoms with Crippen molar-refractivity contribution >= 4 is 22.7 Å². The second kappa shape index (κ2) is 4.90. The maximum Gasteiger partial charge on any atom is 0.433 e. The Hall–Kier alpha value is -2.24. The van der Waals surface area contributed by atoms with Crippen molar-refractivity contribution in [3.05, 3.63) is 47.4 Å². The summed E-state index contributed by atoms with van der Waals surface area (Å²) in [6.07, 6.45) is -4.10. The first kappa shape index (κ1) is 14.7. The van der Waals surface area contributed by atoms with E-state index in [0.29, 0.717) is 28.8 Å². The minimum Gasteiger partial charge on any atom is -0.243 e. The highest BCUT2D eigenvalue weighted by Gasteiger charge is 2.39. The van der Waals surface area contributed by atoms with Crippen molar-refractivity contribution in [3.8, 4) is 0 Å². The van der Waals surface area contributed by atoms with Crippen LogP contribution in [0.2, 0.25) is 0 Å². The molecule has 114 valence electrons. The van der Waals surface area contributed by atoms with Crippen LogP contribution in [0, 0.1) is 0 Å². The summed E-state index contributed by atoms with van der Waals surface area (Å²) in [4.78, 5) is 7.41. The minimum absolute atomic E-state index is 0.0572. The number of hydrogen-bond donors (Lipinski definition) is 0. The Labute approximate surface area is 124 Å². The van der Waals surface area contributed by atoms with Gasteiger partial charge in [0.05, 0.1) is 5.69 Å². The van der Waals surface area contributed by atoms with Gasteiger partial charge in [0.15, 0.2) is 0 Å². The molecule has 0 saturated carbocycles. The van der Waals surface area contributed by atoms with E-state index in [1.54, 1.807) is 19.1 Å². The van der Waals surface area contributed by atoms with E-state index in [1.165, 1.54) is 6.07 Å². The lowest BCUT2D eigenvalue weighted by atomic mass is 9.93. The molecule has 0 bridgehead atoms. The Morgan fingerprint density at radius 2 is 1.86 bits per heavy atom. The fraction of sp³-hybridized carbons (Fsp3) is 0.250. The van der Waals surface area contributed by atoms with Gasteiger partial charge < -0.3 is 0 Å². The summed E-state index contributed by atoms with van der Waals surface area (Å²) in [7, 11) is 0. The normalized spacial score (nSPS) is 18.3. The average Bonchev–Trinajstić information content (AvgIpc) is 2.75. The molecule has 0 spiro atoms. The maximum absolute atomic E-state index is 13.7. The van der Waals surface area contributed by atoms with Crippen molar-refractivity contribution in [2.24, 2.45) is 9.98 Å². The fourth-order valence-electron chi connectivity index (χ4n) is 2.61. The molecule has 0 fully saturated rings. The van der Waals surface area contributed by atoms with Gasteiger partial charge in [-0.15, -0.1) is 0 Å². The van der Waals surface area contributed by atoms with E-state index in [-0.39, 0.29) is 17.7 Å². The van der Waals surface area contributed by atoms with Crippen molar-refractivity contribution in [3.63, 3.8) is 0 Å². The van der Waals surface area contributed by atoms with Crippen LogP contribution in [-0.2, 0) is 6.42 Å². The highest BCUT2D eigenvalue weighted by atomic mass is 19.4. The zero-order valence-electron chi connectivity index (χ0n) is 11.8. The Morgan fingerprint density at radius 1 is 1.14 bits per heavy atom. The van der Waals surface area contributed by atoms with Crippen LogP contribution in [0.3, 0.4) is 0 Å². The number of fused-ring (bicyclic) bond motifs is 1. The van der Waals surface area contributed by atoms with Gasteiger partial charge in [0.25, 0.3) is 0 Å². The van der Waals surface area contributed by atoms with Gasteiger partial charge in [-0.2, -0.15) is 17.6 Å². The topological polar surface area (TPSA) is 24.7 Å². The van der Waals surface area contributed by atoms with Gasteiger partial charge in [0, 0.05) is 24.1 Å². The Kier molecular flexibility index (Phi) is 3.27. The van der Waals surface area contributed by atoms with Gasteiger partial charge in [-0.1, -0.05) is 18.7 Å². The number of hydrogen-bond acceptors (Lipinski definition) is 2. The predicted octanol–water partition coefficient (Wildman–Crippen LogP) is 4.94. The molecule has 2 heterocycles. The summed E-state index contributed by atoms with van der Waals surface area (Å²) in [6, 6.07) is 4.83. The third-order valence-electron chi connectivity index (χ3n) is 3.64. The molecule has 22 heavy (non-hydrogen) atoms. The molecule has 0 aliphatic carbocycles. The first-order valence-electron chi connectivity index (χ1n) is 6.66. The van der Waals surface area contributed by atoms with Crippen LogP contribution in [0.25, 0.3) is 5.57 Å². The second-order valence-corrected chi connectivity index (χ2v) is 5.38. The molecular weight excluding hydrogens is 296 g/mol. The van der Waals surface area contributed by atoms with E-state index in [2.05, 4.69) is 16.6 Å². The van der Waals surface area contributed by atoms with Crippen molar-refractivity contribution in [2.45, 2.75) is 25.9 Å². The van der Waals surface area contributed by atoms with E-state index in [4.69, 9.17) is 0 Å². The standard InChI is InChI=1S/C16H12F4N2/c1-8-5-11-4-3-10(12-6-9(2)21-15(12)17)7-13(11)22-14(8)16(18,19)20/h3-4,7H,1,5-6H2,2H3. The van der Waals surface area contributed by atoms with Crippen LogP contribution in [-0.4, -0.2) is 17.6 Å². The minimum atomic E-state index is -4.54. The largest absolute Gasteiger partial charge is 0.433 e. The molecular formula is C16H12F4N2. The fourth-order valence-corrected chi connectivity index (χ4v) is 2.61. The zero-order valence-corrected chi connectivity index (χ0v) is 11.8. The molecule has 0 aromatic heterocycles. The zero-order chi connectivity index (χ0) is 16.1. The molecule has 1 aromatic carbocycles. The highest BCUT2D eigenvalue weighted by molar-refractivity contribution is 6.07. The van der Waals surface area contributed by atoms with Gasteiger partial charge in [-0.3, -0.25) is 0 Å². The van der Waals surface area contributed by atoms with Crippen molar-refractivity contribution in [1.82, 2.24) is 0 Å². The van der Waals surface area contributed by atoms with Gasteiger partial charge >= 0.3 is 6.18 Å². The van der Waals surface area contributed by atoms with Crippen LogP contribution >= 0.6 is 0 Å². The second-order valence-electron chi connectivity index (χ2n) is 5.38. The molecule has 0 N–H and O–H groups in total. The highest BCUT2D eigenvalue weighted by Crippen LogP contribution is 2.37. The molecule has 0 unspecified atom stereocenters. The number of alkyl halides is 3. The van der Waals surface area contributed by atoms with E-state index >= 15 is 0 Å². The number of aliphatic imine (C=N–C) groups is 2. The number of benzene rings is 1. The van der Waals surface area contributed by atoms with Crippen LogP contribution in [0.5, 0.6) is 0 Å². The summed E-state index contributed by atoms with van der Waals surface area (Å²) >= 11 is 0. The predicted molar refractivity (Wildman–Crippen MR) is 78.2 cm³/mol. The van der Waals surface area contributed by atoms with Crippen LogP contribution in [0.4, 0.5) is 23.2 Å². The summed E-state index contributed by atoms with van der Waals surface area (Å²) in [6.45, 7) is 5.15. The van der Waals surface area contributed by atoms with E-state index in [9.17, 15) is 17.6 Å². The first-order chi connectivity index (χ1) is 10.3. The maximum atomic E-state index is 13.7. The summed E-state index contributed by atoms with van der Waals surface area (Å²) < 4.78 is 52.5. The lowest BCUT2D eigenvalue weighted by Crippen LogP contribution is -2.27. The number of nitrogens with zero attached hydrogens (tertiary/aromatic N) is 2. The Bertz CT molecular complexity index is 767. The van der Waals surface area contributed by atoms with Crippen molar-refractivity contribution in [1.29, 1.82) is 0 Å². The third kappa shape index (κ3) is 2.49. The number of rotatable bonds is 1. The van der Waals surface area contributed by atoms with E-state index in [0.717, 1.165) is 0 Å². The molecule has 2 aliphatic rings. The quantitative estimate of drug-likeness (QED) is 0.519. The summed E-state index contributed by atoms with van der Waals surface area (Å²) in [5, 5.41) is 0. The van der Waals surface area contributed by atoms with Gasteiger partial charge in [-0.25, -0.2) is 9.98 Å². The molecule has 0 atom stereocenters. The average molecular weight is 308 g/mol. The molecule has 0 radical (unpaired) electrons. The summed E-state index contributed by atoms with van der Waals surface area (Å²) in [5.74, 6) is -0.585. The smallest absolute Gasteiger partial charge is 0.243 e. The monoisotopic (exact) mass is 308 g/mol.